The van der Waals surface area contributed by atoms with Crippen molar-refractivity contribution in [1.82, 2.24) is 10.6 Å². The molecule has 0 saturated carbocycles. The van der Waals surface area contributed by atoms with Crippen LogP contribution in [0.5, 0.6) is 0 Å². The predicted octanol–water partition coefficient (Wildman–Crippen LogP) is 3.84. The normalized spacial score (nSPS) is 10.8. The van der Waals surface area contributed by atoms with Crippen molar-refractivity contribution in [1.29, 1.82) is 0 Å². The Morgan fingerprint density at radius 2 is 1.72 bits per heavy atom. The van der Waals surface area contributed by atoms with E-state index in [2.05, 4.69) is 31.9 Å². The van der Waals surface area contributed by atoms with Crippen molar-refractivity contribution in [3.05, 3.63) is 64.1 Å². The van der Waals surface area contributed by atoms with Crippen molar-refractivity contribution in [3.63, 3.8) is 0 Å². The lowest BCUT2D eigenvalue weighted by molar-refractivity contribution is -0.120. The molecule has 0 unspecified atom stereocenters. The maximum atomic E-state index is 12.3. The lowest BCUT2D eigenvalue weighted by Crippen LogP contribution is -2.39. The van der Waals surface area contributed by atoms with Crippen LogP contribution >= 0.6 is 15.9 Å². The highest BCUT2D eigenvalue weighted by Gasteiger charge is 2.16. The van der Waals surface area contributed by atoms with Crippen molar-refractivity contribution in [2.75, 3.05) is 11.9 Å². The molecule has 0 aliphatic rings. The van der Waals surface area contributed by atoms with E-state index >= 15 is 0 Å². The molecule has 0 bridgehead atoms. The number of carbonyl (C=O) groups excluding carboxylic acids is 3. The summed E-state index contributed by atoms with van der Waals surface area (Å²) in [5.74, 6) is -0.575. The molecule has 3 amide bonds. The van der Waals surface area contributed by atoms with Gasteiger partial charge in [-0.25, -0.2) is 4.79 Å². The third-order valence-electron chi connectivity index (χ3n) is 3.55. The zero-order chi connectivity index (χ0) is 21.4. The minimum Gasteiger partial charge on any atom is -0.444 e. The molecule has 0 spiro atoms. The number of carbonyl (C=O) groups is 3. The predicted molar refractivity (Wildman–Crippen MR) is 115 cm³/mol. The van der Waals surface area contributed by atoms with Gasteiger partial charge in [-0.2, -0.15) is 0 Å². The minimum absolute atomic E-state index is 0.186. The van der Waals surface area contributed by atoms with Gasteiger partial charge in [0.2, 0.25) is 5.91 Å². The molecule has 0 aliphatic carbocycles. The van der Waals surface area contributed by atoms with E-state index < -0.39 is 11.7 Å². The molecule has 0 saturated heterocycles. The molecule has 0 fully saturated rings. The van der Waals surface area contributed by atoms with E-state index in [4.69, 9.17) is 4.74 Å². The molecule has 0 heterocycles. The Kier molecular flexibility index (Phi) is 7.78. The van der Waals surface area contributed by atoms with Gasteiger partial charge in [-0.1, -0.05) is 34.1 Å². The summed E-state index contributed by atoms with van der Waals surface area (Å²) < 4.78 is 5.90. The topological polar surface area (TPSA) is 96.5 Å². The first-order valence-corrected chi connectivity index (χ1v) is 9.81. The van der Waals surface area contributed by atoms with Crippen molar-refractivity contribution in [2.24, 2.45) is 0 Å². The number of rotatable bonds is 6. The monoisotopic (exact) mass is 461 g/mol. The van der Waals surface area contributed by atoms with E-state index in [0.29, 0.717) is 11.3 Å². The fourth-order valence-electron chi connectivity index (χ4n) is 2.32. The number of amides is 3. The maximum absolute atomic E-state index is 12.3. The van der Waals surface area contributed by atoms with E-state index in [1.807, 2.05) is 12.1 Å². The highest BCUT2D eigenvalue weighted by molar-refractivity contribution is 9.10. The fraction of sp³-hybridized carbons (Fsp3) is 0.286. The Bertz CT molecular complexity index is 893. The van der Waals surface area contributed by atoms with E-state index in [-0.39, 0.29) is 24.9 Å². The van der Waals surface area contributed by atoms with Gasteiger partial charge < -0.3 is 20.7 Å². The van der Waals surface area contributed by atoms with Gasteiger partial charge in [-0.15, -0.1) is 0 Å². The Morgan fingerprint density at radius 3 is 2.41 bits per heavy atom. The standard InChI is InChI=1S/C21H24BrN3O4/c1-21(2,3)29-20(28)24-13-18(26)23-12-14-6-4-9-17(10-14)25-19(27)15-7-5-8-16(22)11-15/h4-11H,12-13H2,1-3H3,(H,23,26)(H,24,28)(H,25,27). The molecule has 0 atom stereocenters. The molecular formula is C21H24BrN3O4. The number of halogens is 1. The number of ether oxygens (including phenoxy) is 1. The second-order valence-electron chi connectivity index (χ2n) is 7.30. The van der Waals surface area contributed by atoms with Gasteiger partial charge in [0.1, 0.15) is 12.1 Å². The number of hydrogen-bond acceptors (Lipinski definition) is 4. The molecular weight excluding hydrogens is 438 g/mol. The van der Waals surface area contributed by atoms with Crippen LogP contribution in [0.1, 0.15) is 36.7 Å². The molecule has 2 aromatic carbocycles. The molecule has 7 nitrogen and oxygen atoms in total. The molecule has 29 heavy (non-hydrogen) atoms. The summed E-state index contributed by atoms with van der Waals surface area (Å²) in [6.45, 7) is 5.31. The van der Waals surface area contributed by atoms with Crippen LogP contribution in [-0.2, 0) is 16.1 Å². The summed E-state index contributed by atoms with van der Waals surface area (Å²) in [6.07, 6.45) is -0.648. The summed E-state index contributed by atoms with van der Waals surface area (Å²) in [5.41, 5.74) is 1.34. The van der Waals surface area contributed by atoms with Crippen molar-refractivity contribution >= 4 is 39.5 Å². The summed E-state index contributed by atoms with van der Waals surface area (Å²) in [4.78, 5) is 35.8. The van der Waals surface area contributed by atoms with Crippen LogP contribution in [0.15, 0.2) is 53.0 Å². The van der Waals surface area contributed by atoms with E-state index in [1.54, 1.807) is 57.2 Å². The van der Waals surface area contributed by atoms with Crippen molar-refractivity contribution in [2.45, 2.75) is 32.9 Å². The molecule has 2 aromatic rings. The molecule has 0 radical (unpaired) electrons. The third-order valence-corrected chi connectivity index (χ3v) is 4.05. The summed E-state index contributed by atoms with van der Waals surface area (Å²) in [7, 11) is 0. The average molecular weight is 462 g/mol. The van der Waals surface area contributed by atoms with Crippen LogP contribution in [0, 0.1) is 0 Å². The Balaban J connectivity index is 1.84. The Hall–Kier alpha value is -2.87. The lowest BCUT2D eigenvalue weighted by atomic mass is 10.1. The second kappa shape index (κ2) is 10.1. The lowest BCUT2D eigenvalue weighted by Gasteiger charge is -2.19. The number of alkyl carbamates (subject to hydrolysis) is 1. The largest absolute Gasteiger partial charge is 0.444 e. The van der Waals surface area contributed by atoms with Gasteiger partial charge >= 0.3 is 6.09 Å². The summed E-state index contributed by atoms with van der Waals surface area (Å²) >= 11 is 3.34. The SMILES string of the molecule is CC(C)(C)OC(=O)NCC(=O)NCc1cccc(NC(=O)c2cccc(Br)c2)c1. The zero-order valence-electron chi connectivity index (χ0n) is 16.5. The Morgan fingerprint density at radius 1 is 1.00 bits per heavy atom. The van der Waals surface area contributed by atoms with Crippen LogP contribution in [0.3, 0.4) is 0 Å². The first kappa shape index (κ1) is 22.4. The van der Waals surface area contributed by atoms with E-state index in [1.165, 1.54) is 0 Å². The fourth-order valence-corrected chi connectivity index (χ4v) is 2.72. The number of nitrogens with one attached hydrogen (secondary N) is 3. The highest BCUT2D eigenvalue weighted by Crippen LogP contribution is 2.15. The number of benzene rings is 2. The Labute approximate surface area is 178 Å². The molecule has 2 rings (SSSR count). The van der Waals surface area contributed by atoms with E-state index in [0.717, 1.165) is 10.0 Å². The van der Waals surface area contributed by atoms with Gasteiger partial charge in [0.15, 0.2) is 0 Å². The van der Waals surface area contributed by atoms with Gasteiger partial charge in [0, 0.05) is 22.3 Å². The van der Waals surface area contributed by atoms with Crippen LogP contribution in [-0.4, -0.2) is 30.1 Å². The summed E-state index contributed by atoms with van der Waals surface area (Å²) in [5, 5.41) is 7.94. The van der Waals surface area contributed by atoms with Crippen LogP contribution in [0.25, 0.3) is 0 Å². The summed E-state index contributed by atoms with van der Waals surface area (Å²) in [6, 6.07) is 14.3. The van der Waals surface area contributed by atoms with Crippen molar-refractivity contribution < 1.29 is 19.1 Å². The van der Waals surface area contributed by atoms with Crippen molar-refractivity contribution in [3.8, 4) is 0 Å². The molecule has 3 N–H and O–H groups in total. The first-order chi connectivity index (χ1) is 13.6. The second-order valence-corrected chi connectivity index (χ2v) is 8.21. The number of hydrogen-bond donors (Lipinski definition) is 3. The molecule has 0 aromatic heterocycles. The van der Waals surface area contributed by atoms with Gasteiger partial charge in [0.05, 0.1) is 0 Å². The molecule has 0 aliphatic heterocycles. The van der Waals surface area contributed by atoms with Crippen LogP contribution in [0.2, 0.25) is 0 Å². The third kappa shape index (κ3) is 8.35. The van der Waals surface area contributed by atoms with E-state index in [9.17, 15) is 14.4 Å². The van der Waals surface area contributed by atoms with Gasteiger partial charge in [0.25, 0.3) is 5.91 Å². The average Bonchev–Trinajstić information content (AvgIpc) is 2.63. The molecule has 8 heteroatoms. The van der Waals surface area contributed by atoms with Crippen LogP contribution < -0.4 is 16.0 Å². The van der Waals surface area contributed by atoms with Gasteiger partial charge in [-0.3, -0.25) is 9.59 Å². The maximum Gasteiger partial charge on any atom is 0.408 e. The quantitative estimate of drug-likeness (QED) is 0.608. The first-order valence-electron chi connectivity index (χ1n) is 9.02. The smallest absolute Gasteiger partial charge is 0.408 e. The molecule has 154 valence electrons. The minimum atomic E-state index is -0.648. The van der Waals surface area contributed by atoms with Crippen LogP contribution in [0.4, 0.5) is 10.5 Å². The number of anilines is 1. The van der Waals surface area contributed by atoms with Gasteiger partial charge in [-0.05, 0) is 56.7 Å². The highest BCUT2D eigenvalue weighted by atomic mass is 79.9. The zero-order valence-corrected chi connectivity index (χ0v) is 18.1.